The summed E-state index contributed by atoms with van der Waals surface area (Å²) in [6, 6.07) is 20.0. The summed E-state index contributed by atoms with van der Waals surface area (Å²) in [7, 11) is -3.96. The number of hydrogen-bond acceptors (Lipinski definition) is 3. The van der Waals surface area contributed by atoms with Crippen molar-refractivity contribution in [2.75, 3.05) is 6.54 Å². The summed E-state index contributed by atoms with van der Waals surface area (Å²) in [5, 5.41) is 3.88. The molecule has 0 heterocycles. The average Bonchev–Trinajstić information content (AvgIpc) is 2.75. The molecule has 0 saturated heterocycles. The Labute approximate surface area is 206 Å². The summed E-state index contributed by atoms with van der Waals surface area (Å²) in [4.78, 5) is 12.9. The molecule has 5 nitrogen and oxygen atoms in total. The number of sulfonamides is 1. The van der Waals surface area contributed by atoms with Gasteiger partial charge in [0, 0.05) is 21.1 Å². The van der Waals surface area contributed by atoms with Crippen LogP contribution in [0.25, 0.3) is 0 Å². The molecule has 0 bridgehead atoms. The maximum Gasteiger partial charge on any atom is 0.243 e. The molecule has 0 saturated carbocycles. The van der Waals surface area contributed by atoms with Crippen molar-refractivity contribution in [2.24, 2.45) is 0 Å². The van der Waals surface area contributed by atoms with Gasteiger partial charge in [-0.2, -0.15) is 4.31 Å². The molecule has 1 N–H and O–H groups in total. The fourth-order valence-electron chi connectivity index (χ4n) is 3.08. The van der Waals surface area contributed by atoms with Gasteiger partial charge in [0.15, 0.2) is 0 Å². The van der Waals surface area contributed by atoms with Crippen molar-refractivity contribution < 1.29 is 13.2 Å². The number of hydrogen-bond donors (Lipinski definition) is 1. The van der Waals surface area contributed by atoms with E-state index in [-0.39, 0.29) is 24.0 Å². The van der Waals surface area contributed by atoms with Crippen LogP contribution < -0.4 is 5.32 Å². The third-order valence-electron chi connectivity index (χ3n) is 4.82. The van der Waals surface area contributed by atoms with Crippen LogP contribution in [0.3, 0.4) is 0 Å². The molecule has 0 aliphatic rings. The second-order valence-electron chi connectivity index (χ2n) is 7.16. The van der Waals surface area contributed by atoms with E-state index in [1.165, 1.54) is 12.1 Å². The van der Waals surface area contributed by atoms with Crippen LogP contribution in [0.2, 0.25) is 10.0 Å². The molecular weight excluding hydrogens is 535 g/mol. The Balaban J connectivity index is 1.84. The lowest BCUT2D eigenvalue weighted by molar-refractivity contribution is -0.122. The molecule has 32 heavy (non-hydrogen) atoms. The highest BCUT2D eigenvalue weighted by molar-refractivity contribution is 9.10. The molecule has 0 aromatic heterocycles. The minimum absolute atomic E-state index is 0.0409. The zero-order valence-corrected chi connectivity index (χ0v) is 21.0. The average molecular weight is 556 g/mol. The van der Waals surface area contributed by atoms with Crippen LogP contribution in [0.5, 0.6) is 0 Å². The number of nitrogens with one attached hydrogen (secondary N) is 1. The lowest BCUT2D eigenvalue weighted by atomic mass is 10.1. The van der Waals surface area contributed by atoms with Crippen LogP contribution in [-0.2, 0) is 21.4 Å². The Hall–Kier alpha value is -1.90. The molecular formula is C23H21BrCl2N2O3S. The van der Waals surface area contributed by atoms with Gasteiger partial charge in [-0.1, -0.05) is 69.5 Å². The Morgan fingerprint density at radius 1 is 1.00 bits per heavy atom. The number of rotatable bonds is 8. The molecule has 0 radical (unpaired) electrons. The molecule has 1 atom stereocenters. The van der Waals surface area contributed by atoms with E-state index in [0.29, 0.717) is 15.6 Å². The molecule has 0 spiro atoms. The lowest BCUT2D eigenvalue weighted by Crippen LogP contribution is -2.41. The minimum Gasteiger partial charge on any atom is -0.348 e. The summed E-state index contributed by atoms with van der Waals surface area (Å²) >= 11 is 15.5. The monoisotopic (exact) mass is 554 g/mol. The first-order valence-electron chi connectivity index (χ1n) is 9.71. The van der Waals surface area contributed by atoms with Gasteiger partial charge in [0.05, 0.1) is 17.5 Å². The first-order valence-corrected chi connectivity index (χ1v) is 12.7. The summed E-state index contributed by atoms with van der Waals surface area (Å²) in [6.45, 7) is 1.42. The fourth-order valence-corrected chi connectivity index (χ4v) is 5.04. The standard InChI is InChI=1S/C23H21BrCl2N2O3S/c1-16(17-6-10-20(25)11-7-17)27-23(29)15-28(14-18-4-2-3-5-22(18)26)32(30,31)21-12-8-19(24)9-13-21/h2-13,16H,14-15H2,1H3,(H,27,29). The van der Waals surface area contributed by atoms with E-state index in [1.807, 2.05) is 19.1 Å². The Morgan fingerprint density at radius 3 is 2.25 bits per heavy atom. The van der Waals surface area contributed by atoms with Gasteiger partial charge in [0.1, 0.15) is 0 Å². The van der Waals surface area contributed by atoms with Crippen molar-refractivity contribution in [2.45, 2.75) is 24.4 Å². The van der Waals surface area contributed by atoms with Gasteiger partial charge in [-0.05, 0) is 60.5 Å². The van der Waals surface area contributed by atoms with Crippen LogP contribution >= 0.6 is 39.1 Å². The molecule has 0 aliphatic heterocycles. The van der Waals surface area contributed by atoms with Gasteiger partial charge in [-0.25, -0.2) is 8.42 Å². The number of benzene rings is 3. The SMILES string of the molecule is CC(NC(=O)CN(Cc1ccccc1Cl)S(=O)(=O)c1ccc(Br)cc1)c1ccc(Cl)cc1. The Morgan fingerprint density at radius 2 is 1.62 bits per heavy atom. The van der Waals surface area contributed by atoms with Crippen molar-refractivity contribution in [3.05, 3.63) is 98.4 Å². The van der Waals surface area contributed by atoms with E-state index < -0.39 is 15.9 Å². The van der Waals surface area contributed by atoms with E-state index in [4.69, 9.17) is 23.2 Å². The van der Waals surface area contributed by atoms with Crippen LogP contribution in [-0.4, -0.2) is 25.2 Å². The van der Waals surface area contributed by atoms with Crippen LogP contribution in [0.1, 0.15) is 24.1 Å². The van der Waals surface area contributed by atoms with Crippen molar-refractivity contribution in [1.29, 1.82) is 0 Å². The normalized spacial score (nSPS) is 12.5. The predicted octanol–water partition coefficient (Wildman–Crippen LogP) is 5.82. The van der Waals surface area contributed by atoms with Crippen LogP contribution in [0.4, 0.5) is 0 Å². The second kappa shape index (κ2) is 10.8. The van der Waals surface area contributed by atoms with E-state index in [0.717, 1.165) is 14.3 Å². The summed E-state index contributed by atoms with van der Waals surface area (Å²) in [5.74, 6) is -0.430. The first kappa shape index (κ1) is 24.7. The van der Waals surface area contributed by atoms with Crippen molar-refractivity contribution >= 4 is 55.1 Å². The van der Waals surface area contributed by atoms with E-state index in [9.17, 15) is 13.2 Å². The Kier molecular flexibility index (Phi) is 8.36. The molecule has 0 aliphatic carbocycles. The van der Waals surface area contributed by atoms with Gasteiger partial charge in [-0.15, -0.1) is 0 Å². The zero-order chi connectivity index (χ0) is 23.3. The summed E-state index contributed by atoms with van der Waals surface area (Å²) in [6.07, 6.45) is 0. The van der Waals surface area contributed by atoms with E-state index >= 15 is 0 Å². The zero-order valence-electron chi connectivity index (χ0n) is 17.1. The molecule has 1 amide bonds. The highest BCUT2D eigenvalue weighted by Gasteiger charge is 2.28. The van der Waals surface area contributed by atoms with Gasteiger partial charge in [-0.3, -0.25) is 4.79 Å². The third kappa shape index (κ3) is 6.33. The minimum atomic E-state index is -3.96. The number of halogens is 3. The molecule has 9 heteroatoms. The van der Waals surface area contributed by atoms with Crippen LogP contribution in [0, 0.1) is 0 Å². The highest BCUT2D eigenvalue weighted by atomic mass is 79.9. The summed E-state index contributed by atoms with van der Waals surface area (Å²) in [5.41, 5.74) is 1.46. The topological polar surface area (TPSA) is 66.5 Å². The fraction of sp³-hybridized carbons (Fsp3) is 0.174. The molecule has 3 aromatic carbocycles. The van der Waals surface area contributed by atoms with Crippen molar-refractivity contribution in [1.82, 2.24) is 9.62 Å². The molecule has 1 unspecified atom stereocenters. The Bertz CT molecular complexity index is 1190. The van der Waals surface area contributed by atoms with Gasteiger partial charge in [0.2, 0.25) is 15.9 Å². The van der Waals surface area contributed by atoms with E-state index in [1.54, 1.807) is 48.5 Å². The summed E-state index contributed by atoms with van der Waals surface area (Å²) < 4.78 is 28.6. The first-order chi connectivity index (χ1) is 15.2. The smallest absolute Gasteiger partial charge is 0.243 e. The maximum absolute atomic E-state index is 13.4. The largest absolute Gasteiger partial charge is 0.348 e. The molecule has 168 valence electrons. The van der Waals surface area contributed by atoms with Gasteiger partial charge < -0.3 is 5.32 Å². The lowest BCUT2D eigenvalue weighted by Gasteiger charge is -2.24. The maximum atomic E-state index is 13.4. The van der Waals surface area contributed by atoms with Crippen LogP contribution in [0.15, 0.2) is 82.2 Å². The van der Waals surface area contributed by atoms with Gasteiger partial charge >= 0.3 is 0 Å². The quantitative estimate of drug-likeness (QED) is 0.380. The number of carbonyl (C=O) groups excluding carboxylic acids is 1. The predicted molar refractivity (Wildman–Crippen MR) is 131 cm³/mol. The number of nitrogens with zero attached hydrogens (tertiary/aromatic N) is 1. The molecule has 3 rings (SSSR count). The number of amides is 1. The third-order valence-corrected chi connectivity index (χ3v) is 7.78. The number of carbonyl (C=O) groups is 1. The van der Waals surface area contributed by atoms with Crippen molar-refractivity contribution in [3.8, 4) is 0 Å². The second-order valence-corrected chi connectivity index (χ2v) is 10.9. The molecule has 0 fully saturated rings. The van der Waals surface area contributed by atoms with Gasteiger partial charge in [0.25, 0.3) is 0 Å². The highest BCUT2D eigenvalue weighted by Crippen LogP contribution is 2.24. The van der Waals surface area contributed by atoms with E-state index in [2.05, 4.69) is 21.2 Å². The molecule has 3 aromatic rings. The van der Waals surface area contributed by atoms with Crippen molar-refractivity contribution in [3.63, 3.8) is 0 Å².